The van der Waals surface area contributed by atoms with E-state index in [-0.39, 0.29) is 0 Å². The highest BCUT2D eigenvalue weighted by molar-refractivity contribution is 6.15. The van der Waals surface area contributed by atoms with Gasteiger partial charge in [0.05, 0.1) is 55.5 Å². The van der Waals surface area contributed by atoms with Crippen LogP contribution < -0.4 is 0 Å². The number of nitrogens with zero attached hydrogens (tertiary/aromatic N) is 4. The maximum Gasteiger partial charge on any atom is 0.0542 e. The largest absolute Gasteiger partial charge is 0.309 e. The second-order valence-electron chi connectivity index (χ2n) is 16.9. The van der Waals surface area contributed by atoms with E-state index in [1.165, 1.54) is 81.8 Å². The van der Waals surface area contributed by atoms with Crippen LogP contribution in [0.4, 0.5) is 0 Å². The van der Waals surface area contributed by atoms with Gasteiger partial charge in [-0.2, -0.15) is 0 Å². The number of rotatable bonds is 5. The number of aromatic nitrogens is 4. The van der Waals surface area contributed by atoms with Crippen molar-refractivity contribution in [2.24, 2.45) is 0 Å². The molecule has 14 aromatic rings. The van der Waals surface area contributed by atoms with Crippen molar-refractivity contribution in [2.75, 3.05) is 0 Å². The van der Waals surface area contributed by atoms with Gasteiger partial charge in [-0.25, -0.2) is 0 Å². The second-order valence-corrected chi connectivity index (χ2v) is 16.9. The second kappa shape index (κ2) is 13.4. The van der Waals surface area contributed by atoms with Crippen molar-refractivity contribution in [3.8, 4) is 33.9 Å². The number of para-hydroxylation sites is 8. The molecule has 0 saturated heterocycles. The highest BCUT2D eigenvalue weighted by atomic mass is 15.0. The third-order valence-corrected chi connectivity index (χ3v) is 13.6. The SMILES string of the molecule is c1ccc(-n2c3ccccc3c3ccccc32)c(-c2ccccc2-n2c3ccc(-n4c5ccccc5c5ccccc54)cc3c3cc(-n4c5ccccc5c5ccccc54)ccc32)c1. The van der Waals surface area contributed by atoms with Crippen molar-refractivity contribution < 1.29 is 0 Å². The molecule has 0 bridgehead atoms. The predicted molar refractivity (Wildman–Crippen MR) is 269 cm³/mol. The van der Waals surface area contributed by atoms with Crippen LogP contribution >= 0.6 is 0 Å². The molecule has 0 N–H and O–H groups in total. The molecule has 0 aliphatic rings. The van der Waals surface area contributed by atoms with Crippen molar-refractivity contribution in [1.29, 1.82) is 0 Å². The quantitative estimate of drug-likeness (QED) is 0.165. The summed E-state index contributed by atoms with van der Waals surface area (Å²) in [7, 11) is 0. The maximum absolute atomic E-state index is 2.49. The van der Waals surface area contributed by atoms with Gasteiger partial charge in [-0.1, -0.05) is 146 Å². The van der Waals surface area contributed by atoms with Crippen LogP contribution in [0.15, 0.2) is 231 Å². The van der Waals surface area contributed by atoms with Gasteiger partial charge in [-0.05, 0) is 84.9 Å². The molecule has 0 amide bonds. The van der Waals surface area contributed by atoms with Gasteiger partial charge >= 0.3 is 0 Å². The third-order valence-electron chi connectivity index (χ3n) is 13.6. The highest BCUT2D eigenvalue weighted by Gasteiger charge is 2.22. The van der Waals surface area contributed by atoms with Crippen LogP contribution in [0.25, 0.3) is 121 Å². The van der Waals surface area contributed by atoms with Crippen LogP contribution in [-0.2, 0) is 0 Å². The smallest absolute Gasteiger partial charge is 0.0542 e. The van der Waals surface area contributed by atoms with E-state index in [1.807, 2.05) is 0 Å². The standard InChI is InChI=1S/C60H38N4/c1-9-25-51-41(17-1)42-18-2-10-26-52(42)61(51)39-33-35-59-49(37-39)50-38-40(62-53-27-11-3-19-43(53)44-20-4-12-28-54(44)62)34-36-60(50)64(59)58-32-16-8-24-48(58)47-23-7-15-31-57(47)63-55-29-13-5-21-45(55)46-22-6-14-30-56(46)63/h1-38H. The van der Waals surface area contributed by atoms with Gasteiger partial charge in [-0.3, -0.25) is 0 Å². The van der Waals surface area contributed by atoms with Crippen LogP contribution in [-0.4, -0.2) is 18.3 Å². The highest BCUT2D eigenvalue weighted by Crippen LogP contribution is 2.43. The molecule has 0 aliphatic heterocycles. The van der Waals surface area contributed by atoms with Crippen molar-refractivity contribution in [3.63, 3.8) is 0 Å². The first-order chi connectivity index (χ1) is 31.8. The number of hydrogen-bond acceptors (Lipinski definition) is 0. The molecule has 4 aromatic heterocycles. The summed E-state index contributed by atoms with van der Waals surface area (Å²) >= 11 is 0. The zero-order valence-electron chi connectivity index (χ0n) is 34.7. The van der Waals surface area contributed by atoms with Crippen LogP contribution in [0.5, 0.6) is 0 Å². The van der Waals surface area contributed by atoms with Crippen molar-refractivity contribution in [2.45, 2.75) is 0 Å². The van der Waals surface area contributed by atoms with E-state index < -0.39 is 0 Å². The van der Waals surface area contributed by atoms with Gasteiger partial charge in [-0.15, -0.1) is 0 Å². The lowest BCUT2D eigenvalue weighted by molar-refractivity contribution is 1.15. The molecule has 64 heavy (non-hydrogen) atoms. The molecule has 0 aliphatic carbocycles. The summed E-state index contributed by atoms with van der Waals surface area (Å²) in [4.78, 5) is 0. The maximum atomic E-state index is 2.49. The first kappa shape index (κ1) is 35.0. The molecule has 14 rings (SSSR count). The van der Waals surface area contributed by atoms with Crippen molar-refractivity contribution in [3.05, 3.63) is 231 Å². The average Bonchev–Trinajstić information content (AvgIpc) is 4.09. The summed E-state index contributed by atoms with van der Waals surface area (Å²) in [6.07, 6.45) is 0. The number of fused-ring (bicyclic) bond motifs is 12. The number of benzene rings is 10. The molecule has 0 saturated carbocycles. The molecule has 0 fully saturated rings. The Kier molecular flexibility index (Phi) is 7.36. The lowest BCUT2D eigenvalue weighted by atomic mass is 10.0. The summed E-state index contributed by atoms with van der Waals surface area (Å²) in [5, 5.41) is 9.92. The third kappa shape index (κ3) is 4.88. The van der Waals surface area contributed by atoms with E-state index >= 15 is 0 Å². The summed E-state index contributed by atoms with van der Waals surface area (Å²) in [6, 6.07) is 84.6. The number of hydrogen-bond donors (Lipinski definition) is 0. The van der Waals surface area contributed by atoms with Gasteiger partial charge in [0, 0.05) is 65.6 Å². The van der Waals surface area contributed by atoms with E-state index in [0.717, 1.165) is 39.3 Å². The lowest BCUT2D eigenvalue weighted by Gasteiger charge is -2.18. The predicted octanol–water partition coefficient (Wildman–Crippen LogP) is 15.7. The van der Waals surface area contributed by atoms with Crippen LogP contribution in [0.1, 0.15) is 0 Å². The first-order valence-corrected chi connectivity index (χ1v) is 22.0. The van der Waals surface area contributed by atoms with Gasteiger partial charge in [0.2, 0.25) is 0 Å². The molecular weight excluding hydrogens is 777 g/mol. The Morgan fingerprint density at radius 3 is 0.766 bits per heavy atom. The Hall–Kier alpha value is -8.60. The summed E-state index contributed by atoms with van der Waals surface area (Å²) in [5.74, 6) is 0. The fourth-order valence-corrected chi connectivity index (χ4v) is 10.9. The fourth-order valence-electron chi connectivity index (χ4n) is 10.9. The van der Waals surface area contributed by atoms with E-state index in [1.54, 1.807) is 0 Å². The van der Waals surface area contributed by atoms with E-state index in [2.05, 4.69) is 249 Å². The molecule has 10 aromatic carbocycles. The van der Waals surface area contributed by atoms with Crippen LogP contribution in [0.2, 0.25) is 0 Å². The Labute approximate surface area is 368 Å². The van der Waals surface area contributed by atoms with Gasteiger partial charge in [0.15, 0.2) is 0 Å². The fraction of sp³-hybridized carbons (Fsp3) is 0. The Morgan fingerprint density at radius 1 is 0.188 bits per heavy atom. The normalized spacial score (nSPS) is 12.1. The van der Waals surface area contributed by atoms with Gasteiger partial charge < -0.3 is 18.3 Å². The lowest BCUT2D eigenvalue weighted by Crippen LogP contribution is -2.01. The average molecular weight is 815 g/mol. The molecular formula is C60H38N4. The van der Waals surface area contributed by atoms with Crippen molar-refractivity contribution >= 4 is 87.2 Å². The summed E-state index contributed by atoms with van der Waals surface area (Å²) in [5.41, 5.74) is 16.4. The molecule has 4 heteroatoms. The molecule has 4 heterocycles. The monoisotopic (exact) mass is 814 g/mol. The molecule has 298 valence electrons. The Balaban J connectivity index is 1.06. The zero-order chi connectivity index (χ0) is 41.9. The molecule has 4 nitrogen and oxygen atoms in total. The molecule has 0 atom stereocenters. The topological polar surface area (TPSA) is 19.7 Å². The summed E-state index contributed by atoms with van der Waals surface area (Å²) in [6.45, 7) is 0. The Morgan fingerprint density at radius 2 is 0.438 bits per heavy atom. The van der Waals surface area contributed by atoms with E-state index in [9.17, 15) is 0 Å². The van der Waals surface area contributed by atoms with Crippen LogP contribution in [0.3, 0.4) is 0 Å². The van der Waals surface area contributed by atoms with Gasteiger partial charge in [0.1, 0.15) is 0 Å². The molecule has 0 unspecified atom stereocenters. The van der Waals surface area contributed by atoms with Gasteiger partial charge in [0.25, 0.3) is 0 Å². The zero-order valence-corrected chi connectivity index (χ0v) is 34.7. The molecule has 0 radical (unpaired) electrons. The minimum absolute atomic E-state index is 1.13. The molecule has 0 spiro atoms. The first-order valence-electron chi connectivity index (χ1n) is 22.0. The van der Waals surface area contributed by atoms with Crippen molar-refractivity contribution in [1.82, 2.24) is 18.3 Å². The van der Waals surface area contributed by atoms with E-state index in [0.29, 0.717) is 0 Å². The van der Waals surface area contributed by atoms with Crippen LogP contribution in [0, 0.1) is 0 Å². The minimum Gasteiger partial charge on any atom is -0.309 e. The van der Waals surface area contributed by atoms with E-state index in [4.69, 9.17) is 0 Å². The Bertz CT molecular complexity index is 3880. The minimum atomic E-state index is 1.13. The summed E-state index contributed by atoms with van der Waals surface area (Å²) < 4.78 is 9.80.